The monoisotopic (exact) mass is 1030 g/mol. The highest BCUT2D eigenvalue weighted by molar-refractivity contribution is 7.22. The molecule has 14 heteroatoms. The van der Waals surface area contributed by atoms with E-state index in [-0.39, 0.29) is 17.0 Å². The van der Waals surface area contributed by atoms with Crippen LogP contribution < -0.4 is 20.4 Å². The number of thiazole rings is 1. The molecule has 2 unspecified atom stereocenters. The molecule has 0 spiro atoms. The Morgan fingerprint density at radius 2 is 1.67 bits per heavy atom. The second kappa shape index (κ2) is 22.2. The molecule has 4 aliphatic rings. The molecule has 75 heavy (non-hydrogen) atoms. The van der Waals surface area contributed by atoms with E-state index in [0.717, 1.165) is 95.1 Å². The smallest absolute Gasteiger partial charge is 0.367 e. The summed E-state index contributed by atoms with van der Waals surface area (Å²) in [6.45, 7) is 26.1. The van der Waals surface area contributed by atoms with E-state index >= 15 is 0 Å². The second-order valence-electron chi connectivity index (χ2n) is 20.8. The van der Waals surface area contributed by atoms with Crippen LogP contribution in [0.3, 0.4) is 0 Å². The van der Waals surface area contributed by atoms with Crippen LogP contribution in [-0.4, -0.2) is 68.4 Å². The van der Waals surface area contributed by atoms with Gasteiger partial charge in [-0.05, 0) is 111 Å². The van der Waals surface area contributed by atoms with Crippen molar-refractivity contribution in [2.45, 2.75) is 103 Å². The van der Waals surface area contributed by atoms with Gasteiger partial charge < -0.3 is 20.4 Å². The van der Waals surface area contributed by atoms with Crippen LogP contribution in [0.2, 0.25) is 0 Å². The first-order valence-corrected chi connectivity index (χ1v) is 27.5. The van der Waals surface area contributed by atoms with Crippen molar-refractivity contribution >= 4 is 60.9 Å². The molecule has 390 valence electrons. The van der Waals surface area contributed by atoms with Gasteiger partial charge in [-0.15, -0.1) is 0 Å². The minimum absolute atomic E-state index is 0.0964. The lowest BCUT2D eigenvalue weighted by Gasteiger charge is -2.39. The Morgan fingerprint density at radius 3 is 2.43 bits per heavy atom. The van der Waals surface area contributed by atoms with E-state index in [1.165, 1.54) is 92.2 Å². The summed E-state index contributed by atoms with van der Waals surface area (Å²) in [7, 11) is 2.09. The molecule has 7 heterocycles. The number of aryl methyl sites for hydroxylation is 2. The average molecular weight is 1030 g/mol. The molecule has 11 rings (SSSR count). The minimum Gasteiger partial charge on any atom is -0.367 e. The average Bonchev–Trinajstić information content (AvgIpc) is 3.99. The number of benzene rings is 3. The number of piperazine rings is 1. The number of piperidine rings is 1. The molecule has 7 aromatic rings. The fraction of sp³-hybridized carbons (Fsp3) is 0.377. The molecule has 3 fully saturated rings. The van der Waals surface area contributed by atoms with Crippen molar-refractivity contribution < 1.29 is 13.2 Å². The van der Waals surface area contributed by atoms with Crippen LogP contribution in [0.4, 0.5) is 29.8 Å². The first kappa shape index (κ1) is 51.7. The number of rotatable bonds is 12. The van der Waals surface area contributed by atoms with Crippen molar-refractivity contribution in [3.05, 3.63) is 162 Å². The number of nitrogens with zero attached hydrogens (tertiary/aromatic N) is 8. The third-order valence-electron chi connectivity index (χ3n) is 16.0. The summed E-state index contributed by atoms with van der Waals surface area (Å²) >= 11 is 1.55. The van der Waals surface area contributed by atoms with Crippen molar-refractivity contribution in [2.24, 2.45) is 13.0 Å². The van der Waals surface area contributed by atoms with Crippen molar-refractivity contribution in [1.82, 2.24) is 34.9 Å². The second-order valence-corrected chi connectivity index (χ2v) is 21.9. The summed E-state index contributed by atoms with van der Waals surface area (Å²) in [5, 5.41) is 13.7. The maximum Gasteiger partial charge on any atom is 0.417 e. The van der Waals surface area contributed by atoms with Crippen LogP contribution in [0, 0.1) is 12.8 Å². The lowest BCUT2D eigenvalue weighted by molar-refractivity contribution is -0.137. The first-order valence-electron chi connectivity index (χ1n) is 26.7. The van der Waals surface area contributed by atoms with Crippen molar-refractivity contribution in [2.75, 3.05) is 47.8 Å². The first-order chi connectivity index (χ1) is 36.2. The maximum absolute atomic E-state index is 14.0. The lowest BCUT2D eigenvalue weighted by atomic mass is 9.85. The largest absolute Gasteiger partial charge is 0.417 e. The van der Waals surface area contributed by atoms with Gasteiger partial charge in [-0.2, -0.15) is 18.3 Å². The third kappa shape index (κ3) is 11.1. The molecule has 2 N–H and O–H groups in total. The van der Waals surface area contributed by atoms with Crippen LogP contribution >= 0.6 is 11.3 Å². The number of halogens is 3. The highest BCUT2D eigenvalue weighted by atomic mass is 32.1. The van der Waals surface area contributed by atoms with Gasteiger partial charge in [0.05, 0.1) is 49.8 Å². The van der Waals surface area contributed by atoms with E-state index in [1.54, 1.807) is 35.7 Å². The summed E-state index contributed by atoms with van der Waals surface area (Å²) in [5.41, 5.74) is 10.8. The number of allylic oxidation sites excluding steroid dienone is 2. The highest BCUT2D eigenvalue weighted by Crippen LogP contribution is 2.42. The fourth-order valence-corrected chi connectivity index (χ4v) is 12.8. The molecule has 10 nitrogen and oxygen atoms in total. The summed E-state index contributed by atoms with van der Waals surface area (Å²) in [4.78, 5) is 21.5. The Bertz CT molecular complexity index is 3210. The number of fused-ring (bicyclic) bond motifs is 3. The van der Waals surface area contributed by atoms with Gasteiger partial charge >= 0.3 is 6.18 Å². The van der Waals surface area contributed by atoms with Crippen LogP contribution in [0.15, 0.2) is 123 Å². The number of alkyl halides is 3. The number of nitrogens with one attached hydrogen (secondary N) is 2. The quantitative estimate of drug-likeness (QED) is 0.124. The molecular weight excluding hydrogens is 962 g/mol. The molecule has 0 radical (unpaired) electrons. The van der Waals surface area contributed by atoms with Gasteiger partial charge in [0.2, 0.25) is 0 Å². The Labute approximate surface area is 443 Å². The topological polar surface area (TPSA) is 90.3 Å². The summed E-state index contributed by atoms with van der Waals surface area (Å²) < 4.78 is 45.1. The Morgan fingerprint density at radius 1 is 0.880 bits per heavy atom. The van der Waals surface area contributed by atoms with Crippen molar-refractivity contribution in [3.63, 3.8) is 0 Å². The zero-order valence-electron chi connectivity index (χ0n) is 43.7. The van der Waals surface area contributed by atoms with E-state index in [1.807, 2.05) is 30.3 Å². The molecule has 4 aromatic heterocycles. The number of pyridine rings is 2. The lowest BCUT2D eigenvalue weighted by Crippen LogP contribution is -2.49. The van der Waals surface area contributed by atoms with Gasteiger partial charge in [0.15, 0.2) is 5.13 Å². The highest BCUT2D eigenvalue weighted by Gasteiger charge is 2.36. The number of hydrogen-bond acceptors (Lipinski definition) is 10. The van der Waals surface area contributed by atoms with Gasteiger partial charge in [-0.1, -0.05) is 112 Å². The zero-order valence-corrected chi connectivity index (χ0v) is 44.5. The Hall–Kier alpha value is -6.77. The number of aromatic nitrogens is 5. The molecular formula is C61H69F3N10S. The summed E-state index contributed by atoms with van der Waals surface area (Å²) in [6.07, 6.45) is 11.7. The molecule has 0 bridgehead atoms. The minimum atomic E-state index is -4.49. The summed E-state index contributed by atoms with van der Waals surface area (Å²) in [5.74, 6) is 1.89. The molecule has 3 aliphatic heterocycles. The fourth-order valence-electron chi connectivity index (χ4n) is 11.9. The van der Waals surface area contributed by atoms with E-state index in [4.69, 9.17) is 10.1 Å². The van der Waals surface area contributed by atoms with Crippen LogP contribution in [0.1, 0.15) is 110 Å². The molecule has 1 saturated carbocycles. The molecule has 2 saturated heterocycles. The van der Waals surface area contributed by atoms with E-state index in [0.29, 0.717) is 41.9 Å². The van der Waals surface area contributed by atoms with E-state index in [9.17, 15) is 13.2 Å². The Balaban J connectivity index is 0.000000174. The van der Waals surface area contributed by atoms with Crippen LogP contribution in [0.5, 0.6) is 0 Å². The third-order valence-corrected chi connectivity index (χ3v) is 16.9. The maximum atomic E-state index is 14.0. The van der Waals surface area contributed by atoms with Gasteiger partial charge in [0.1, 0.15) is 5.82 Å². The predicted octanol–water partition coefficient (Wildman–Crippen LogP) is 14.3. The van der Waals surface area contributed by atoms with Gasteiger partial charge in [0.25, 0.3) is 0 Å². The number of para-hydroxylation sites is 2. The number of hydrogen-bond donors (Lipinski definition) is 2. The van der Waals surface area contributed by atoms with Gasteiger partial charge in [-0.3, -0.25) is 14.6 Å². The standard InChI is InChI=1S/C32H26F3N5S.C29H43N5/c1-4-25-22(23-9-7-8-19(2)29(23)32(33,34)35)12-13-28(38-25)40-17-15-21-14-16-36-30(24(21)18-40)20(3)37-31-39-26-10-5-6-11-27(26)41-31;1-21-13-16-25(23(3)30-21)28-26-11-8-12-27(29(26)32(4)31-28)34-19-17-33(18-20-34)22(2)14-15-24-9-6-5-7-10-24/h4-14,16H,1,3,15,17-18H2,2H3,(H,37,39);8,11-12,22,24-25,30H,1,3,5-7,9-10,13-20H2,2,4H3. The van der Waals surface area contributed by atoms with E-state index < -0.39 is 11.7 Å². The molecule has 3 aromatic carbocycles. The predicted molar refractivity (Wildman–Crippen MR) is 304 cm³/mol. The molecule has 1 aliphatic carbocycles. The van der Waals surface area contributed by atoms with Gasteiger partial charge in [-0.25, -0.2) is 9.97 Å². The number of anilines is 3. The van der Waals surface area contributed by atoms with Gasteiger partial charge in [0, 0.05) is 92.4 Å². The summed E-state index contributed by atoms with van der Waals surface area (Å²) in [6, 6.07) is 25.5. The van der Waals surface area contributed by atoms with Crippen molar-refractivity contribution in [1.29, 1.82) is 0 Å². The normalized spacial score (nSPS) is 18.1. The molecule has 2 atom stereocenters. The van der Waals surface area contributed by atoms with E-state index in [2.05, 4.69) is 98.5 Å². The molecule has 0 amide bonds. The van der Waals surface area contributed by atoms with Crippen molar-refractivity contribution in [3.8, 4) is 11.1 Å². The van der Waals surface area contributed by atoms with Crippen LogP contribution in [0.25, 0.3) is 44.0 Å². The Kier molecular flexibility index (Phi) is 15.3. The zero-order chi connectivity index (χ0) is 52.4. The SMILES string of the molecule is C=C1CCC(c2nn(C)c3c(N4CCN(C(C)CCC5CCCCC5)CC4)cccc23)C(=C)N1.C=Cc1nc(N2CCc3ccnc(C(=C)Nc4nc5ccccc5s4)c3C2)ccc1-c1cccc(C)c1C(F)(F)F. The van der Waals surface area contributed by atoms with Crippen LogP contribution in [-0.2, 0) is 26.2 Å².